The predicted molar refractivity (Wildman–Crippen MR) is 64.1 cm³/mol. The van der Waals surface area contributed by atoms with E-state index in [4.69, 9.17) is 0 Å². The summed E-state index contributed by atoms with van der Waals surface area (Å²) in [5, 5.41) is 2.65. The van der Waals surface area contributed by atoms with Gasteiger partial charge in [-0.1, -0.05) is 54.8 Å². The topological polar surface area (TPSA) is 0 Å². The Morgan fingerprint density at radius 3 is 2.46 bits per heavy atom. The molecule has 0 heterocycles. The van der Waals surface area contributed by atoms with Gasteiger partial charge in [0.1, 0.15) is 0 Å². The highest BCUT2D eigenvalue weighted by atomic mass is 79.9. The molecular formula is C11H10BBr. The second-order valence-electron chi connectivity index (χ2n) is 3.18. The molecule has 2 aromatic carbocycles. The molecule has 0 atom stereocenters. The molecule has 0 saturated carbocycles. The summed E-state index contributed by atoms with van der Waals surface area (Å²) in [4.78, 5) is 0. The molecule has 0 nitrogen and oxygen atoms in total. The second-order valence-corrected chi connectivity index (χ2v) is 4.56. The summed E-state index contributed by atoms with van der Waals surface area (Å²) in [6.45, 7) is 2.15. The first-order chi connectivity index (χ1) is 6.29. The van der Waals surface area contributed by atoms with Crippen LogP contribution in [-0.2, 0) is 0 Å². The zero-order valence-electron chi connectivity index (χ0n) is 7.50. The number of hydrogen-bond acceptors (Lipinski definition) is 0. The van der Waals surface area contributed by atoms with E-state index in [1.165, 1.54) is 16.2 Å². The summed E-state index contributed by atoms with van der Waals surface area (Å²) in [7, 11) is 0. The average molecular weight is 233 g/mol. The molecule has 0 spiro atoms. The van der Waals surface area contributed by atoms with Gasteiger partial charge in [0.05, 0.1) is 0 Å². The van der Waals surface area contributed by atoms with Crippen molar-refractivity contribution in [3.05, 3.63) is 42.5 Å². The van der Waals surface area contributed by atoms with E-state index >= 15 is 0 Å². The molecule has 0 aliphatic carbocycles. The van der Waals surface area contributed by atoms with Crippen molar-refractivity contribution in [2.45, 2.75) is 6.82 Å². The molecule has 13 heavy (non-hydrogen) atoms. The van der Waals surface area contributed by atoms with Crippen molar-refractivity contribution in [1.82, 2.24) is 0 Å². The van der Waals surface area contributed by atoms with Crippen LogP contribution in [0, 0.1) is 0 Å². The zero-order chi connectivity index (χ0) is 9.26. The van der Waals surface area contributed by atoms with E-state index in [9.17, 15) is 0 Å². The Hall–Kier alpha value is -0.755. The minimum Gasteiger partial charge on any atom is -0.150 e. The first-order valence-corrected chi connectivity index (χ1v) is 5.32. The minimum absolute atomic E-state index is 0.415. The fourth-order valence-corrected chi connectivity index (χ4v) is 2.00. The average Bonchev–Trinajstić information content (AvgIpc) is 2.17. The highest BCUT2D eigenvalue weighted by Gasteiger charge is 2.07. The molecule has 0 fully saturated rings. The van der Waals surface area contributed by atoms with Crippen LogP contribution in [-0.4, -0.2) is 5.54 Å². The van der Waals surface area contributed by atoms with Gasteiger partial charge in [0.25, 0.3) is 5.54 Å². The highest BCUT2D eigenvalue weighted by Crippen LogP contribution is 2.12. The molecule has 0 N–H and O–H groups in total. The summed E-state index contributed by atoms with van der Waals surface area (Å²) in [6.07, 6.45) is 0. The molecule has 0 radical (unpaired) electrons. The smallest absolute Gasteiger partial charge is 0.150 e. The summed E-state index contributed by atoms with van der Waals surface area (Å²) in [5.41, 5.74) is 1.77. The van der Waals surface area contributed by atoms with Crippen LogP contribution in [0.15, 0.2) is 42.5 Å². The Morgan fingerprint density at radius 1 is 1.00 bits per heavy atom. The predicted octanol–water partition coefficient (Wildman–Crippen LogP) is 3.06. The Balaban J connectivity index is 2.76. The molecule has 2 aromatic rings. The Bertz CT molecular complexity index is 418. The maximum absolute atomic E-state index is 3.60. The Kier molecular flexibility index (Phi) is 2.41. The van der Waals surface area contributed by atoms with Gasteiger partial charge in [0, 0.05) is 0 Å². The molecule has 0 unspecified atom stereocenters. The SMILES string of the molecule is CB(Br)c1cccc2ccccc12. The van der Waals surface area contributed by atoms with Gasteiger partial charge in [-0.05, 0) is 10.8 Å². The quantitative estimate of drug-likeness (QED) is 0.664. The maximum atomic E-state index is 3.60. The zero-order valence-corrected chi connectivity index (χ0v) is 9.08. The van der Waals surface area contributed by atoms with E-state index in [0.717, 1.165) is 0 Å². The van der Waals surface area contributed by atoms with Crippen LogP contribution in [0.4, 0.5) is 0 Å². The lowest BCUT2D eigenvalue weighted by Crippen LogP contribution is -2.20. The van der Waals surface area contributed by atoms with Crippen LogP contribution in [0.5, 0.6) is 0 Å². The van der Waals surface area contributed by atoms with Gasteiger partial charge >= 0.3 is 0 Å². The summed E-state index contributed by atoms with van der Waals surface area (Å²) >= 11 is 3.60. The summed E-state index contributed by atoms with van der Waals surface area (Å²) in [5.74, 6) is 0. The molecule has 2 rings (SSSR count). The number of rotatable bonds is 1. The van der Waals surface area contributed by atoms with Gasteiger partial charge in [0.2, 0.25) is 0 Å². The van der Waals surface area contributed by atoms with Gasteiger partial charge in [-0.3, -0.25) is 0 Å². The number of hydrogen-bond donors (Lipinski definition) is 0. The molecule has 64 valence electrons. The van der Waals surface area contributed by atoms with Crippen LogP contribution >= 0.6 is 15.8 Å². The van der Waals surface area contributed by atoms with Crippen LogP contribution in [0.3, 0.4) is 0 Å². The number of halogens is 1. The first-order valence-electron chi connectivity index (χ1n) is 4.41. The molecular weight excluding hydrogens is 223 g/mol. The normalized spacial score (nSPS) is 10.3. The highest BCUT2D eigenvalue weighted by molar-refractivity contribution is 9.25. The van der Waals surface area contributed by atoms with Gasteiger partial charge in [-0.15, -0.1) is 0 Å². The van der Waals surface area contributed by atoms with Crippen LogP contribution in [0.25, 0.3) is 10.8 Å². The Labute approximate surface area is 87.0 Å². The van der Waals surface area contributed by atoms with Crippen molar-refractivity contribution in [1.29, 1.82) is 0 Å². The molecule has 0 bridgehead atoms. The molecule has 0 saturated heterocycles. The van der Waals surface area contributed by atoms with Crippen molar-refractivity contribution in [3.8, 4) is 0 Å². The Morgan fingerprint density at radius 2 is 1.69 bits per heavy atom. The van der Waals surface area contributed by atoms with Crippen molar-refractivity contribution < 1.29 is 0 Å². The fourth-order valence-electron chi connectivity index (χ4n) is 1.60. The first kappa shape index (κ1) is 8.83. The van der Waals surface area contributed by atoms with E-state index < -0.39 is 0 Å². The van der Waals surface area contributed by atoms with Crippen LogP contribution in [0.2, 0.25) is 6.82 Å². The van der Waals surface area contributed by atoms with Gasteiger partial charge in [-0.25, -0.2) is 0 Å². The largest absolute Gasteiger partial charge is 0.252 e. The van der Waals surface area contributed by atoms with E-state index in [2.05, 4.69) is 65.0 Å². The maximum Gasteiger partial charge on any atom is 0.252 e. The van der Waals surface area contributed by atoms with Crippen molar-refractivity contribution in [2.75, 3.05) is 0 Å². The number of benzene rings is 2. The van der Waals surface area contributed by atoms with Gasteiger partial charge < -0.3 is 0 Å². The van der Waals surface area contributed by atoms with Gasteiger partial charge in [0.15, 0.2) is 0 Å². The van der Waals surface area contributed by atoms with Crippen molar-refractivity contribution in [3.63, 3.8) is 0 Å². The second kappa shape index (κ2) is 3.55. The van der Waals surface area contributed by atoms with E-state index in [1.54, 1.807) is 0 Å². The van der Waals surface area contributed by atoms with E-state index in [0.29, 0.717) is 5.54 Å². The molecule has 0 aliphatic rings. The summed E-state index contributed by atoms with van der Waals surface area (Å²) in [6, 6.07) is 14.9. The third kappa shape index (κ3) is 1.64. The van der Waals surface area contributed by atoms with E-state index in [-0.39, 0.29) is 0 Å². The van der Waals surface area contributed by atoms with Crippen LogP contribution in [0.1, 0.15) is 0 Å². The van der Waals surface area contributed by atoms with Crippen LogP contribution < -0.4 is 5.46 Å². The van der Waals surface area contributed by atoms with Crippen molar-refractivity contribution in [2.24, 2.45) is 0 Å². The third-order valence-corrected chi connectivity index (χ3v) is 2.75. The third-order valence-electron chi connectivity index (χ3n) is 2.25. The molecule has 0 aromatic heterocycles. The fraction of sp³-hybridized carbons (Fsp3) is 0.0909. The minimum atomic E-state index is 0.415. The molecule has 0 amide bonds. The standard InChI is InChI=1S/C11H10BBr/c1-12(13)11-8-4-6-9-5-2-3-7-10(9)11/h2-8H,1H3. The lowest BCUT2D eigenvalue weighted by atomic mass is 9.70. The number of fused-ring (bicyclic) bond motifs is 1. The summed E-state index contributed by atoms with van der Waals surface area (Å²) < 4.78 is 0. The monoisotopic (exact) mass is 232 g/mol. The molecule has 2 heteroatoms. The lowest BCUT2D eigenvalue weighted by molar-refractivity contribution is 1.78. The van der Waals surface area contributed by atoms with Crippen molar-refractivity contribution >= 4 is 37.5 Å². The van der Waals surface area contributed by atoms with E-state index in [1.807, 2.05) is 0 Å². The lowest BCUT2D eigenvalue weighted by Gasteiger charge is -2.05. The van der Waals surface area contributed by atoms with Gasteiger partial charge in [-0.2, -0.15) is 15.8 Å². The molecule has 0 aliphatic heterocycles.